The minimum atomic E-state index is -2.58. The predicted molar refractivity (Wildman–Crippen MR) is 32.1 cm³/mol. The molecule has 0 spiro atoms. The van der Waals surface area contributed by atoms with Crippen molar-refractivity contribution in [3.05, 3.63) is 0 Å². The van der Waals surface area contributed by atoms with E-state index in [1.54, 1.807) is 0 Å². The lowest BCUT2D eigenvalue weighted by molar-refractivity contribution is 0.0581. The van der Waals surface area contributed by atoms with Crippen LogP contribution in [0, 0.1) is 0 Å². The van der Waals surface area contributed by atoms with E-state index in [9.17, 15) is 4.57 Å². The Morgan fingerprint density at radius 3 is 2.11 bits per heavy atom. The van der Waals surface area contributed by atoms with Crippen LogP contribution in [0.25, 0.3) is 0 Å². The first-order valence-corrected chi connectivity index (χ1v) is 3.68. The van der Waals surface area contributed by atoms with Gasteiger partial charge in [-0.2, -0.15) is 0 Å². The SMILES string of the molecule is CC(O)C(C)O[P+](=O)O. The Hall–Kier alpha value is -0.0200. The number of hydrogen-bond acceptors (Lipinski definition) is 3. The Labute approximate surface area is 54.4 Å². The van der Waals surface area contributed by atoms with Gasteiger partial charge in [0.2, 0.25) is 0 Å². The van der Waals surface area contributed by atoms with E-state index < -0.39 is 20.5 Å². The van der Waals surface area contributed by atoms with E-state index in [1.807, 2.05) is 0 Å². The van der Waals surface area contributed by atoms with Crippen molar-refractivity contribution in [1.82, 2.24) is 0 Å². The van der Waals surface area contributed by atoms with Crippen LogP contribution in [-0.2, 0) is 9.09 Å². The van der Waals surface area contributed by atoms with Gasteiger partial charge < -0.3 is 5.11 Å². The molecular formula is C4H10O4P+. The first-order chi connectivity index (χ1) is 4.04. The standard InChI is InChI=1S/C4H9O4P/c1-3(5)4(2)8-9(6)7/h3-5H,1-2H3/p+1. The van der Waals surface area contributed by atoms with Gasteiger partial charge in [0, 0.05) is 4.57 Å². The lowest BCUT2D eigenvalue weighted by Crippen LogP contribution is -2.19. The van der Waals surface area contributed by atoms with Crippen molar-refractivity contribution in [1.29, 1.82) is 0 Å². The van der Waals surface area contributed by atoms with Crippen LogP contribution < -0.4 is 0 Å². The fourth-order valence-electron chi connectivity index (χ4n) is 0.230. The van der Waals surface area contributed by atoms with Crippen LogP contribution in [-0.4, -0.2) is 22.2 Å². The molecule has 9 heavy (non-hydrogen) atoms. The normalized spacial score (nSPS) is 18.9. The first-order valence-electron chi connectivity index (χ1n) is 2.55. The van der Waals surface area contributed by atoms with Gasteiger partial charge in [-0.05, 0) is 13.8 Å². The average Bonchev–Trinajstić information content (AvgIpc) is 1.63. The zero-order valence-electron chi connectivity index (χ0n) is 5.31. The molecule has 0 aromatic heterocycles. The summed E-state index contributed by atoms with van der Waals surface area (Å²) < 4.78 is 14.3. The van der Waals surface area contributed by atoms with Crippen LogP contribution in [0.2, 0.25) is 0 Å². The topological polar surface area (TPSA) is 66.8 Å². The van der Waals surface area contributed by atoms with Gasteiger partial charge in [0.15, 0.2) is 0 Å². The van der Waals surface area contributed by atoms with E-state index in [1.165, 1.54) is 13.8 Å². The van der Waals surface area contributed by atoms with Crippen LogP contribution in [0.4, 0.5) is 0 Å². The minimum Gasteiger partial charge on any atom is -0.391 e. The quantitative estimate of drug-likeness (QED) is 0.576. The molecule has 3 atom stereocenters. The summed E-state index contributed by atoms with van der Waals surface area (Å²) in [6, 6.07) is 0. The highest BCUT2D eigenvalue weighted by molar-refractivity contribution is 7.32. The Morgan fingerprint density at radius 1 is 1.56 bits per heavy atom. The molecular weight excluding hydrogens is 143 g/mol. The highest BCUT2D eigenvalue weighted by atomic mass is 31.1. The molecule has 0 aromatic carbocycles. The van der Waals surface area contributed by atoms with Crippen molar-refractivity contribution in [2.24, 2.45) is 0 Å². The molecule has 54 valence electrons. The summed E-state index contributed by atoms with van der Waals surface area (Å²) in [4.78, 5) is 8.15. The molecule has 0 saturated heterocycles. The first kappa shape index (κ1) is 8.98. The maximum Gasteiger partial charge on any atom is 0.695 e. The smallest absolute Gasteiger partial charge is 0.391 e. The second kappa shape index (κ2) is 3.90. The Bertz CT molecular complexity index is 103. The van der Waals surface area contributed by atoms with Crippen LogP contribution in [0.5, 0.6) is 0 Å². The van der Waals surface area contributed by atoms with Gasteiger partial charge in [-0.3, -0.25) is 0 Å². The van der Waals surface area contributed by atoms with Crippen molar-refractivity contribution in [2.45, 2.75) is 26.1 Å². The van der Waals surface area contributed by atoms with Crippen molar-refractivity contribution in [3.63, 3.8) is 0 Å². The molecule has 0 bridgehead atoms. The summed E-state index contributed by atoms with van der Waals surface area (Å²) in [6.45, 7) is 3.01. The Kier molecular flexibility index (Phi) is 3.89. The van der Waals surface area contributed by atoms with Gasteiger partial charge in [0.05, 0.1) is 6.10 Å². The van der Waals surface area contributed by atoms with Crippen molar-refractivity contribution >= 4 is 8.25 Å². The third-order valence-electron chi connectivity index (χ3n) is 0.936. The fraction of sp³-hybridized carbons (Fsp3) is 1.00. The maximum atomic E-state index is 9.93. The van der Waals surface area contributed by atoms with E-state index in [0.717, 1.165) is 0 Å². The minimum absolute atomic E-state index is 0.585. The molecule has 0 fully saturated rings. The Balaban J connectivity index is 3.50. The highest BCUT2D eigenvalue weighted by Gasteiger charge is 2.22. The molecule has 4 nitrogen and oxygen atoms in total. The number of aliphatic hydroxyl groups excluding tert-OH is 1. The fourth-order valence-corrected chi connectivity index (χ4v) is 0.691. The maximum absolute atomic E-state index is 9.93. The molecule has 3 unspecified atom stereocenters. The van der Waals surface area contributed by atoms with Gasteiger partial charge in [0.25, 0.3) is 0 Å². The number of hydrogen-bond donors (Lipinski definition) is 2. The van der Waals surface area contributed by atoms with Crippen molar-refractivity contribution in [2.75, 3.05) is 0 Å². The van der Waals surface area contributed by atoms with Gasteiger partial charge in [0.1, 0.15) is 6.10 Å². The zero-order valence-corrected chi connectivity index (χ0v) is 6.21. The predicted octanol–water partition coefficient (Wildman–Crippen LogP) is 0.422. The van der Waals surface area contributed by atoms with Gasteiger partial charge in [-0.1, -0.05) is 0 Å². The van der Waals surface area contributed by atoms with Crippen LogP contribution in [0.1, 0.15) is 13.8 Å². The molecule has 0 saturated carbocycles. The van der Waals surface area contributed by atoms with E-state index >= 15 is 0 Å². The second-order valence-electron chi connectivity index (χ2n) is 1.79. The molecule has 0 rings (SSSR count). The third-order valence-corrected chi connectivity index (χ3v) is 1.45. The van der Waals surface area contributed by atoms with Gasteiger partial charge >= 0.3 is 8.25 Å². The molecule has 0 amide bonds. The lowest BCUT2D eigenvalue weighted by atomic mass is 10.3. The summed E-state index contributed by atoms with van der Waals surface area (Å²) in [6.07, 6.45) is -1.30. The van der Waals surface area contributed by atoms with Gasteiger partial charge in [-0.25, -0.2) is 0 Å². The zero-order chi connectivity index (χ0) is 7.44. The molecule has 0 aliphatic heterocycles. The molecule has 0 aliphatic rings. The molecule has 2 N–H and O–H groups in total. The van der Waals surface area contributed by atoms with Crippen LogP contribution in [0.3, 0.4) is 0 Å². The second-order valence-corrected chi connectivity index (χ2v) is 2.48. The van der Waals surface area contributed by atoms with E-state index in [2.05, 4.69) is 4.52 Å². The molecule has 0 radical (unpaired) electrons. The van der Waals surface area contributed by atoms with Crippen molar-refractivity contribution < 1.29 is 19.1 Å². The Morgan fingerprint density at radius 2 is 2.00 bits per heavy atom. The third kappa shape index (κ3) is 4.48. The molecule has 0 aromatic rings. The largest absolute Gasteiger partial charge is 0.695 e. The summed E-state index contributed by atoms with van der Waals surface area (Å²) in [5.41, 5.74) is 0. The lowest BCUT2D eigenvalue weighted by Gasteiger charge is -2.04. The molecule has 5 heteroatoms. The average molecular weight is 153 g/mol. The summed E-state index contributed by atoms with van der Waals surface area (Å²) in [5, 5.41) is 8.71. The number of rotatable bonds is 3. The monoisotopic (exact) mass is 153 g/mol. The molecule has 0 heterocycles. The van der Waals surface area contributed by atoms with Crippen LogP contribution >= 0.6 is 8.25 Å². The van der Waals surface area contributed by atoms with E-state index in [4.69, 9.17) is 10.00 Å². The molecule has 0 aliphatic carbocycles. The van der Waals surface area contributed by atoms with E-state index in [-0.39, 0.29) is 0 Å². The van der Waals surface area contributed by atoms with Gasteiger partial charge in [-0.15, -0.1) is 9.42 Å². The number of aliphatic hydroxyl groups is 1. The highest BCUT2D eigenvalue weighted by Crippen LogP contribution is 2.18. The van der Waals surface area contributed by atoms with Crippen LogP contribution in [0.15, 0.2) is 0 Å². The van der Waals surface area contributed by atoms with E-state index in [0.29, 0.717) is 0 Å². The summed E-state index contributed by atoms with van der Waals surface area (Å²) in [7, 11) is -2.58. The van der Waals surface area contributed by atoms with Crippen molar-refractivity contribution in [3.8, 4) is 0 Å². The summed E-state index contributed by atoms with van der Waals surface area (Å²) in [5.74, 6) is 0. The summed E-state index contributed by atoms with van der Waals surface area (Å²) >= 11 is 0.